The molecular formula is C22H23BrN2O9. The van der Waals surface area contributed by atoms with Gasteiger partial charge < -0.3 is 35.8 Å². The fourth-order valence-corrected chi connectivity index (χ4v) is 4.04. The van der Waals surface area contributed by atoms with Crippen LogP contribution in [-0.2, 0) is 23.9 Å². The molecule has 34 heavy (non-hydrogen) atoms. The molecular weight excluding hydrogens is 516 g/mol. The molecule has 0 bridgehead atoms. The first-order valence-electron chi connectivity index (χ1n) is 10.2. The topological polar surface area (TPSA) is 185 Å². The standard InChI is InChI=1S/C22H23BrN2O9/c1-10(26)25-17-15(27)8-22(21(31)32,34-20(17)19(30)18(29)16(28)9-24)33-14-5-3-11-6-13(23)4-2-12(11)7-14/h2-7,15-17,20,27-28H,8-9,24H2,1H3,(H,25,26)(H,31,32)/t15-,16?,17+,20+,22-/m0/s1. The molecule has 3 rings (SSSR count). The van der Waals surface area contributed by atoms with Crippen LogP contribution in [0.15, 0.2) is 40.9 Å². The maximum Gasteiger partial charge on any atom is 0.377 e. The molecule has 1 unspecified atom stereocenters. The van der Waals surface area contributed by atoms with Gasteiger partial charge in [0.2, 0.25) is 17.5 Å². The highest BCUT2D eigenvalue weighted by Crippen LogP contribution is 2.35. The quantitative estimate of drug-likeness (QED) is 0.283. The second kappa shape index (κ2) is 10.2. The summed E-state index contributed by atoms with van der Waals surface area (Å²) in [5.74, 6) is -7.58. The van der Waals surface area contributed by atoms with E-state index in [1.54, 1.807) is 24.3 Å². The largest absolute Gasteiger partial charge is 0.476 e. The van der Waals surface area contributed by atoms with Crippen LogP contribution in [0.3, 0.4) is 0 Å². The molecule has 5 atom stereocenters. The van der Waals surface area contributed by atoms with Gasteiger partial charge in [0.25, 0.3) is 0 Å². The zero-order valence-electron chi connectivity index (χ0n) is 17.9. The Morgan fingerprint density at radius 2 is 1.88 bits per heavy atom. The Balaban J connectivity index is 2.00. The number of fused-ring (bicyclic) bond motifs is 1. The van der Waals surface area contributed by atoms with Crippen molar-refractivity contribution in [1.82, 2.24) is 5.32 Å². The number of Topliss-reactive ketones (excluding diaryl/α,β-unsaturated/α-hetero) is 2. The average Bonchev–Trinajstić information content (AvgIpc) is 2.78. The minimum atomic E-state index is -2.58. The fourth-order valence-electron chi connectivity index (χ4n) is 3.66. The zero-order chi connectivity index (χ0) is 25.2. The van der Waals surface area contributed by atoms with Crippen LogP contribution in [0.2, 0.25) is 0 Å². The number of nitrogens with two attached hydrogens (primary N) is 1. The van der Waals surface area contributed by atoms with Crippen molar-refractivity contribution >= 4 is 50.1 Å². The first-order valence-corrected chi connectivity index (χ1v) is 11.0. The Kier molecular flexibility index (Phi) is 7.68. The molecule has 0 radical (unpaired) electrons. The fraction of sp³-hybridized carbons (Fsp3) is 0.364. The van der Waals surface area contributed by atoms with E-state index in [-0.39, 0.29) is 5.75 Å². The van der Waals surface area contributed by atoms with Crippen molar-refractivity contribution in [2.24, 2.45) is 5.73 Å². The highest BCUT2D eigenvalue weighted by atomic mass is 79.9. The van der Waals surface area contributed by atoms with Gasteiger partial charge in [-0.05, 0) is 35.0 Å². The van der Waals surface area contributed by atoms with Crippen LogP contribution < -0.4 is 15.8 Å². The molecule has 1 aliphatic rings. The van der Waals surface area contributed by atoms with E-state index in [0.717, 1.165) is 16.8 Å². The van der Waals surface area contributed by atoms with Crippen molar-refractivity contribution in [1.29, 1.82) is 0 Å². The van der Waals surface area contributed by atoms with Gasteiger partial charge in [0, 0.05) is 17.9 Å². The molecule has 1 saturated heterocycles. The third kappa shape index (κ3) is 5.26. The SMILES string of the molecule is CC(=O)N[C@@H]1[C@@H](O)C[C@@](Oc2ccc3cc(Br)ccc3c2)(C(=O)O)O[C@H]1C(=O)C(=O)C(O)CN. The van der Waals surface area contributed by atoms with E-state index in [9.17, 15) is 34.5 Å². The summed E-state index contributed by atoms with van der Waals surface area (Å²) in [6.45, 7) is 0.534. The third-order valence-corrected chi connectivity index (χ3v) is 5.81. The van der Waals surface area contributed by atoms with Crippen LogP contribution in [0.1, 0.15) is 13.3 Å². The maximum absolute atomic E-state index is 12.8. The molecule has 1 amide bonds. The van der Waals surface area contributed by atoms with Crippen LogP contribution in [0, 0.1) is 0 Å². The normalized spacial score (nSPS) is 25.4. The van der Waals surface area contributed by atoms with Crippen LogP contribution >= 0.6 is 15.9 Å². The number of aliphatic hydroxyl groups is 2. The summed E-state index contributed by atoms with van der Waals surface area (Å²) in [6, 6.07) is 8.62. The van der Waals surface area contributed by atoms with Crippen molar-refractivity contribution < 1.29 is 44.0 Å². The number of carboxylic acid groups (broad SMARTS) is 1. The van der Waals surface area contributed by atoms with Gasteiger partial charge in [0.1, 0.15) is 11.9 Å². The minimum Gasteiger partial charge on any atom is -0.476 e. The molecule has 12 heteroatoms. The molecule has 2 aromatic rings. The number of ketones is 2. The number of nitrogens with one attached hydrogen (secondary N) is 1. The molecule has 1 fully saturated rings. The van der Waals surface area contributed by atoms with E-state index < -0.39 is 66.5 Å². The Hall–Kier alpha value is -2.90. The number of hydrogen-bond acceptors (Lipinski definition) is 9. The van der Waals surface area contributed by atoms with Crippen molar-refractivity contribution in [2.75, 3.05) is 6.54 Å². The molecule has 182 valence electrons. The van der Waals surface area contributed by atoms with Gasteiger partial charge in [-0.3, -0.25) is 14.4 Å². The monoisotopic (exact) mass is 538 g/mol. The second-order valence-corrected chi connectivity index (χ2v) is 8.75. The van der Waals surface area contributed by atoms with Gasteiger partial charge in [-0.2, -0.15) is 0 Å². The van der Waals surface area contributed by atoms with Crippen molar-refractivity contribution in [3.05, 3.63) is 40.9 Å². The lowest BCUT2D eigenvalue weighted by Crippen LogP contribution is -2.67. The number of hydrogen-bond donors (Lipinski definition) is 5. The number of benzene rings is 2. The van der Waals surface area contributed by atoms with E-state index in [1.165, 1.54) is 6.07 Å². The first kappa shape index (κ1) is 25.7. The third-order valence-electron chi connectivity index (χ3n) is 5.32. The number of rotatable bonds is 8. The maximum atomic E-state index is 12.8. The lowest BCUT2D eigenvalue weighted by molar-refractivity contribution is -0.260. The van der Waals surface area contributed by atoms with Gasteiger partial charge in [-0.1, -0.05) is 28.1 Å². The molecule has 0 saturated carbocycles. The minimum absolute atomic E-state index is 0.0573. The average molecular weight is 539 g/mol. The number of ether oxygens (including phenoxy) is 2. The second-order valence-electron chi connectivity index (χ2n) is 7.83. The van der Waals surface area contributed by atoms with Crippen LogP contribution in [0.5, 0.6) is 5.75 Å². The molecule has 6 N–H and O–H groups in total. The van der Waals surface area contributed by atoms with Gasteiger partial charge in [-0.25, -0.2) is 4.79 Å². The van der Waals surface area contributed by atoms with E-state index in [4.69, 9.17) is 15.2 Å². The van der Waals surface area contributed by atoms with Crippen LogP contribution in [0.25, 0.3) is 10.8 Å². The lowest BCUT2D eigenvalue weighted by Gasteiger charge is -2.43. The number of carbonyl (C=O) groups excluding carboxylic acids is 3. The Morgan fingerprint density at radius 1 is 1.24 bits per heavy atom. The number of carbonyl (C=O) groups is 4. The summed E-state index contributed by atoms with van der Waals surface area (Å²) in [5, 5.41) is 34.2. The summed E-state index contributed by atoms with van der Waals surface area (Å²) in [4.78, 5) is 49.0. The highest BCUT2D eigenvalue weighted by molar-refractivity contribution is 9.10. The first-order chi connectivity index (χ1) is 16.0. The molecule has 11 nitrogen and oxygen atoms in total. The van der Waals surface area contributed by atoms with Crippen LogP contribution in [0.4, 0.5) is 0 Å². The van der Waals surface area contributed by atoms with E-state index >= 15 is 0 Å². The number of aliphatic carboxylic acids is 1. The summed E-state index contributed by atoms with van der Waals surface area (Å²) < 4.78 is 12.0. The Morgan fingerprint density at radius 3 is 2.50 bits per heavy atom. The smallest absolute Gasteiger partial charge is 0.377 e. The molecule has 0 aliphatic carbocycles. The van der Waals surface area contributed by atoms with E-state index in [1.807, 2.05) is 6.07 Å². The number of carboxylic acids is 1. The highest BCUT2D eigenvalue weighted by Gasteiger charge is 2.57. The van der Waals surface area contributed by atoms with Crippen molar-refractivity contribution in [3.63, 3.8) is 0 Å². The van der Waals surface area contributed by atoms with Crippen LogP contribution in [-0.4, -0.2) is 75.4 Å². The van der Waals surface area contributed by atoms with Gasteiger partial charge in [0.15, 0.2) is 6.10 Å². The number of amides is 1. The number of halogens is 1. The van der Waals surface area contributed by atoms with E-state index in [0.29, 0.717) is 5.39 Å². The molecule has 2 aromatic carbocycles. The summed E-state index contributed by atoms with van der Waals surface area (Å²) in [7, 11) is 0. The van der Waals surface area contributed by atoms with Gasteiger partial charge in [-0.15, -0.1) is 0 Å². The van der Waals surface area contributed by atoms with Crippen molar-refractivity contribution in [3.8, 4) is 5.75 Å². The Bertz CT molecular complexity index is 1140. The molecule has 0 spiro atoms. The van der Waals surface area contributed by atoms with Crippen molar-refractivity contribution in [2.45, 2.75) is 43.5 Å². The van der Waals surface area contributed by atoms with E-state index in [2.05, 4.69) is 21.2 Å². The molecule has 1 aliphatic heterocycles. The van der Waals surface area contributed by atoms with Gasteiger partial charge >= 0.3 is 11.8 Å². The Labute approximate surface area is 201 Å². The molecule has 1 heterocycles. The summed E-state index contributed by atoms with van der Waals surface area (Å²) in [6.07, 6.45) is -6.16. The molecule has 0 aromatic heterocycles. The predicted molar refractivity (Wildman–Crippen MR) is 121 cm³/mol. The number of aliphatic hydroxyl groups excluding tert-OH is 2. The zero-order valence-corrected chi connectivity index (χ0v) is 19.5. The summed E-state index contributed by atoms with van der Waals surface area (Å²) >= 11 is 3.36. The predicted octanol–water partition coefficient (Wildman–Crippen LogP) is -0.126. The lowest BCUT2D eigenvalue weighted by atomic mass is 9.88. The van der Waals surface area contributed by atoms with Gasteiger partial charge in [0.05, 0.1) is 18.6 Å². The summed E-state index contributed by atoms with van der Waals surface area (Å²) in [5.41, 5.74) is 5.24.